The SMILES string of the molecule is COc1cccc(C(=O)N2C[C@@H]3CCN(C)C[C@]3(C(=O)O)C2)c1C. The molecule has 2 aliphatic heterocycles. The highest BCUT2D eigenvalue weighted by Crippen LogP contribution is 2.42. The average Bonchev–Trinajstić information content (AvgIpc) is 2.94. The van der Waals surface area contributed by atoms with Gasteiger partial charge < -0.3 is 19.6 Å². The number of amides is 1. The third kappa shape index (κ3) is 2.55. The molecule has 6 heteroatoms. The van der Waals surface area contributed by atoms with Crippen molar-refractivity contribution in [2.45, 2.75) is 13.3 Å². The molecule has 0 aromatic heterocycles. The second-order valence-corrected chi connectivity index (χ2v) is 7.00. The molecule has 1 amide bonds. The van der Waals surface area contributed by atoms with Gasteiger partial charge in [-0.25, -0.2) is 0 Å². The maximum Gasteiger partial charge on any atom is 0.313 e. The lowest BCUT2D eigenvalue weighted by molar-refractivity contribution is -0.153. The molecule has 0 aliphatic carbocycles. The average molecular weight is 332 g/mol. The van der Waals surface area contributed by atoms with Crippen LogP contribution in [-0.2, 0) is 4.79 Å². The summed E-state index contributed by atoms with van der Waals surface area (Å²) in [6, 6.07) is 5.40. The van der Waals surface area contributed by atoms with Crippen LogP contribution in [0.4, 0.5) is 0 Å². The molecule has 1 aromatic carbocycles. The number of fused-ring (bicyclic) bond motifs is 1. The number of methoxy groups -OCH3 is 1. The van der Waals surface area contributed by atoms with E-state index < -0.39 is 11.4 Å². The number of benzene rings is 1. The van der Waals surface area contributed by atoms with Crippen LogP contribution in [0.1, 0.15) is 22.3 Å². The normalized spacial score (nSPS) is 27.0. The molecule has 0 spiro atoms. The van der Waals surface area contributed by atoms with Gasteiger partial charge in [-0.15, -0.1) is 0 Å². The summed E-state index contributed by atoms with van der Waals surface area (Å²) in [5.74, 6) is -0.216. The zero-order valence-electron chi connectivity index (χ0n) is 14.4. The van der Waals surface area contributed by atoms with Crippen molar-refractivity contribution in [3.63, 3.8) is 0 Å². The molecule has 2 saturated heterocycles. The number of nitrogens with zero attached hydrogens (tertiary/aromatic N) is 2. The van der Waals surface area contributed by atoms with Crippen molar-refractivity contribution in [1.82, 2.24) is 9.80 Å². The fraction of sp³-hybridized carbons (Fsp3) is 0.556. The fourth-order valence-electron chi connectivity index (χ4n) is 4.16. The predicted octanol–water partition coefficient (Wildman–Crippen LogP) is 1.48. The Morgan fingerprint density at radius 3 is 2.75 bits per heavy atom. The van der Waals surface area contributed by atoms with Crippen LogP contribution in [0.2, 0.25) is 0 Å². The first kappa shape index (κ1) is 16.8. The number of hydrogen-bond donors (Lipinski definition) is 1. The molecule has 3 rings (SSSR count). The Labute approximate surface area is 142 Å². The van der Waals surface area contributed by atoms with Gasteiger partial charge in [-0.3, -0.25) is 9.59 Å². The minimum Gasteiger partial charge on any atom is -0.496 e. The molecule has 2 atom stereocenters. The Balaban J connectivity index is 1.89. The first-order valence-corrected chi connectivity index (χ1v) is 8.24. The van der Waals surface area contributed by atoms with Gasteiger partial charge in [-0.2, -0.15) is 0 Å². The van der Waals surface area contributed by atoms with Crippen LogP contribution in [0, 0.1) is 18.3 Å². The largest absolute Gasteiger partial charge is 0.496 e. The Bertz CT molecular complexity index is 675. The van der Waals surface area contributed by atoms with Crippen LogP contribution in [-0.4, -0.2) is 67.1 Å². The number of carbonyl (C=O) groups excluding carboxylic acids is 1. The molecule has 0 bridgehead atoms. The van der Waals surface area contributed by atoms with Crippen molar-refractivity contribution in [2.24, 2.45) is 11.3 Å². The molecule has 130 valence electrons. The Kier molecular flexibility index (Phi) is 4.25. The molecule has 2 heterocycles. The lowest BCUT2D eigenvalue weighted by Gasteiger charge is -2.39. The zero-order valence-corrected chi connectivity index (χ0v) is 14.4. The van der Waals surface area contributed by atoms with Crippen LogP contribution in [0.25, 0.3) is 0 Å². The molecule has 0 radical (unpaired) electrons. The van der Waals surface area contributed by atoms with E-state index in [1.54, 1.807) is 24.1 Å². The van der Waals surface area contributed by atoms with Crippen LogP contribution in [0.3, 0.4) is 0 Å². The maximum atomic E-state index is 13.0. The van der Waals surface area contributed by atoms with E-state index in [9.17, 15) is 14.7 Å². The van der Waals surface area contributed by atoms with Gasteiger partial charge in [0.15, 0.2) is 0 Å². The Morgan fingerprint density at radius 1 is 1.33 bits per heavy atom. The van der Waals surface area contributed by atoms with Gasteiger partial charge >= 0.3 is 5.97 Å². The number of ether oxygens (including phenoxy) is 1. The molecule has 0 saturated carbocycles. The van der Waals surface area contributed by atoms with Crippen LogP contribution in [0.15, 0.2) is 18.2 Å². The lowest BCUT2D eigenvalue weighted by atomic mass is 9.73. The monoisotopic (exact) mass is 332 g/mol. The number of carboxylic acid groups (broad SMARTS) is 1. The van der Waals surface area contributed by atoms with Gasteiger partial charge in [0, 0.05) is 30.8 Å². The van der Waals surface area contributed by atoms with Crippen LogP contribution in [0.5, 0.6) is 5.75 Å². The van der Waals surface area contributed by atoms with Gasteiger partial charge in [0.2, 0.25) is 0 Å². The molecule has 1 aromatic rings. The van der Waals surface area contributed by atoms with Gasteiger partial charge in [0.1, 0.15) is 11.2 Å². The van der Waals surface area contributed by atoms with Crippen molar-refractivity contribution in [1.29, 1.82) is 0 Å². The summed E-state index contributed by atoms with van der Waals surface area (Å²) in [5.41, 5.74) is 0.526. The number of carbonyl (C=O) groups is 2. The third-order valence-corrected chi connectivity index (χ3v) is 5.55. The van der Waals surface area contributed by atoms with E-state index in [4.69, 9.17) is 4.74 Å². The molecular weight excluding hydrogens is 308 g/mol. The number of rotatable bonds is 3. The molecule has 2 aliphatic rings. The van der Waals surface area contributed by atoms with Crippen molar-refractivity contribution in [2.75, 3.05) is 40.3 Å². The lowest BCUT2D eigenvalue weighted by Crippen LogP contribution is -2.52. The first-order valence-electron chi connectivity index (χ1n) is 8.24. The Hall–Kier alpha value is -2.08. The second-order valence-electron chi connectivity index (χ2n) is 7.00. The number of likely N-dealkylation sites (tertiary alicyclic amines) is 2. The molecule has 24 heavy (non-hydrogen) atoms. The van der Waals surface area contributed by atoms with Crippen molar-refractivity contribution in [3.05, 3.63) is 29.3 Å². The van der Waals surface area contributed by atoms with Gasteiger partial charge in [0.05, 0.1) is 7.11 Å². The third-order valence-electron chi connectivity index (χ3n) is 5.55. The highest BCUT2D eigenvalue weighted by atomic mass is 16.5. The molecule has 6 nitrogen and oxygen atoms in total. The summed E-state index contributed by atoms with van der Waals surface area (Å²) < 4.78 is 5.29. The van der Waals surface area contributed by atoms with Gasteiger partial charge in [-0.1, -0.05) is 6.07 Å². The van der Waals surface area contributed by atoms with Crippen molar-refractivity contribution < 1.29 is 19.4 Å². The smallest absolute Gasteiger partial charge is 0.313 e. The summed E-state index contributed by atoms with van der Waals surface area (Å²) in [7, 11) is 3.52. The fourth-order valence-corrected chi connectivity index (χ4v) is 4.16. The van der Waals surface area contributed by atoms with Gasteiger partial charge in [0.25, 0.3) is 5.91 Å². The zero-order chi connectivity index (χ0) is 17.5. The van der Waals surface area contributed by atoms with Gasteiger partial charge in [-0.05, 0) is 45.0 Å². The summed E-state index contributed by atoms with van der Waals surface area (Å²) in [4.78, 5) is 28.7. The van der Waals surface area contributed by atoms with E-state index in [0.717, 1.165) is 18.5 Å². The van der Waals surface area contributed by atoms with Crippen LogP contribution >= 0.6 is 0 Å². The van der Waals surface area contributed by atoms with E-state index in [1.807, 2.05) is 20.0 Å². The quantitative estimate of drug-likeness (QED) is 0.908. The number of piperidine rings is 1. The second kappa shape index (κ2) is 6.09. The number of carboxylic acids is 1. The van der Waals surface area contributed by atoms with E-state index in [-0.39, 0.29) is 18.4 Å². The predicted molar refractivity (Wildman–Crippen MR) is 89.3 cm³/mol. The van der Waals surface area contributed by atoms with Crippen LogP contribution < -0.4 is 4.74 Å². The summed E-state index contributed by atoms with van der Waals surface area (Å²) in [6.45, 7) is 4.01. The highest BCUT2D eigenvalue weighted by molar-refractivity contribution is 5.97. The van der Waals surface area contributed by atoms with Crippen molar-refractivity contribution >= 4 is 11.9 Å². The van der Waals surface area contributed by atoms with E-state index in [1.165, 1.54) is 0 Å². The molecule has 2 fully saturated rings. The van der Waals surface area contributed by atoms with E-state index >= 15 is 0 Å². The molecular formula is C18H24N2O4. The first-order chi connectivity index (χ1) is 11.4. The number of hydrogen-bond acceptors (Lipinski definition) is 4. The standard InChI is InChI=1S/C18H24N2O4/c1-12-14(5-4-6-15(12)24-3)16(21)20-9-13-7-8-19(2)10-18(13,11-20)17(22)23/h4-6,13H,7-11H2,1-3H3,(H,22,23)/t13-,18-/m0/s1. The highest BCUT2D eigenvalue weighted by Gasteiger charge is 2.55. The maximum absolute atomic E-state index is 13.0. The molecule has 0 unspecified atom stereocenters. The number of aliphatic carboxylic acids is 1. The summed E-state index contributed by atoms with van der Waals surface area (Å²) in [5, 5.41) is 9.84. The minimum atomic E-state index is -0.852. The summed E-state index contributed by atoms with van der Waals surface area (Å²) >= 11 is 0. The molecule has 1 N–H and O–H groups in total. The Morgan fingerprint density at radius 2 is 2.08 bits per heavy atom. The summed E-state index contributed by atoms with van der Waals surface area (Å²) in [6.07, 6.45) is 0.809. The van der Waals surface area contributed by atoms with E-state index in [2.05, 4.69) is 4.90 Å². The topological polar surface area (TPSA) is 70.1 Å². The van der Waals surface area contributed by atoms with E-state index in [0.29, 0.717) is 24.4 Å². The van der Waals surface area contributed by atoms with Crippen molar-refractivity contribution in [3.8, 4) is 5.75 Å². The minimum absolute atomic E-state index is 0.0149.